The molecule has 3 aromatic rings. The average Bonchev–Trinajstić information content (AvgIpc) is 3.10. The first-order chi connectivity index (χ1) is 12.0. The second-order valence-corrected chi connectivity index (χ2v) is 8.06. The molecule has 0 aliphatic rings. The SMILES string of the molecule is Cc1cccc(NC(=O)c2ccccc2NS(=O)(=O)c2cccs2)n1. The van der Waals surface area contributed by atoms with E-state index in [0.717, 1.165) is 17.0 Å². The number of nitrogens with one attached hydrogen (secondary N) is 2. The predicted octanol–water partition coefficient (Wildman–Crippen LogP) is 3.50. The van der Waals surface area contributed by atoms with Crippen LogP contribution in [0.3, 0.4) is 0 Å². The van der Waals surface area contributed by atoms with Crippen LogP contribution in [-0.2, 0) is 10.0 Å². The van der Waals surface area contributed by atoms with E-state index in [-0.39, 0.29) is 15.5 Å². The van der Waals surface area contributed by atoms with Crippen LogP contribution in [0.15, 0.2) is 64.2 Å². The van der Waals surface area contributed by atoms with E-state index in [2.05, 4.69) is 15.0 Å². The number of carbonyl (C=O) groups excluding carboxylic acids is 1. The molecule has 0 aliphatic carbocycles. The summed E-state index contributed by atoms with van der Waals surface area (Å²) >= 11 is 1.11. The van der Waals surface area contributed by atoms with E-state index in [9.17, 15) is 13.2 Å². The van der Waals surface area contributed by atoms with Gasteiger partial charge in [0.05, 0.1) is 11.3 Å². The van der Waals surface area contributed by atoms with E-state index < -0.39 is 15.9 Å². The summed E-state index contributed by atoms with van der Waals surface area (Å²) in [6, 6.07) is 14.9. The van der Waals surface area contributed by atoms with Crippen molar-refractivity contribution in [3.05, 3.63) is 71.2 Å². The highest BCUT2D eigenvalue weighted by Crippen LogP contribution is 2.23. The van der Waals surface area contributed by atoms with Gasteiger partial charge in [0.1, 0.15) is 10.0 Å². The van der Waals surface area contributed by atoms with Crippen molar-refractivity contribution in [2.45, 2.75) is 11.1 Å². The zero-order chi connectivity index (χ0) is 17.9. The zero-order valence-corrected chi connectivity index (χ0v) is 14.9. The Morgan fingerprint density at radius 3 is 2.56 bits per heavy atom. The first kappa shape index (κ1) is 17.1. The standard InChI is InChI=1S/C17H15N3O3S2/c1-12-6-4-9-15(18-12)19-17(21)13-7-2-3-8-14(13)20-25(22,23)16-10-5-11-24-16/h2-11,20H,1H3,(H,18,19,21). The second-order valence-electron chi connectivity index (χ2n) is 5.20. The number of hydrogen-bond acceptors (Lipinski definition) is 5. The molecule has 8 heteroatoms. The van der Waals surface area contributed by atoms with Crippen molar-refractivity contribution in [1.29, 1.82) is 0 Å². The van der Waals surface area contributed by atoms with E-state index in [1.807, 2.05) is 13.0 Å². The Hall–Kier alpha value is -2.71. The van der Waals surface area contributed by atoms with Crippen LogP contribution in [0.2, 0.25) is 0 Å². The largest absolute Gasteiger partial charge is 0.306 e. The minimum absolute atomic E-state index is 0.183. The lowest BCUT2D eigenvalue weighted by Crippen LogP contribution is -2.18. The molecule has 6 nitrogen and oxygen atoms in total. The molecular formula is C17H15N3O3S2. The number of rotatable bonds is 5. The highest BCUT2D eigenvalue weighted by molar-refractivity contribution is 7.94. The molecular weight excluding hydrogens is 358 g/mol. The number of carbonyl (C=O) groups is 1. The molecule has 0 saturated heterocycles. The van der Waals surface area contributed by atoms with E-state index in [1.165, 1.54) is 6.07 Å². The molecule has 1 amide bonds. The highest BCUT2D eigenvalue weighted by atomic mass is 32.2. The van der Waals surface area contributed by atoms with Crippen molar-refractivity contribution in [2.24, 2.45) is 0 Å². The maximum absolute atomic E-state index is 12.5. The van der Waals surface area contributed by atoms with Crippen molar-refractivity contribution in [3.8, 4) is 0 Å². The number of para-hydroxylation sites is 1. The minimum atomic E-state index is -3.73. The summed E-state index contributed by atoms with van der Waals surface area (Å²) < 4.78 is 27.4. The molecule has 2 heterocycles. The van der Waals surface area contributed by atoms with Crippen molar-refractivity contribution in [2.75, 3.05) is 10.0 Å². The van der Waals surface area contributed by atoms with E-state index in [1.54, 1.807) is 47.8 Å². The lowest BCUT2D eigenvalue weighted by molar-refractivity contribution is 0.102. The van der Waals surface area contributed by atoms with Crippen LogP contribution in [0, 0.1) is 6.92 Å². The van der Waals surface area contributed by atoms with Gasteiger partial charge in [-0.1, -0.05) is 24.3 Å². The molecule has 0 atom stereocenters. The molecule has 1 aromatic carbocycles. The van der Waals surface area contributed by atoms with Gasteiger partial charge in [0.15, 0.2) is 0 Å². The van der Waals surface area contributed by atoms with Gasteiger partial charge < -0.3 is 5.32 Å². The Bertz CT molecular complexity index is 999. The fourth-order valence-electron chi connectivity index (χ4n) is 2.18. The molecule has 2 aromatic heterocycles. The van der Waals surface area contributed by atoms with Crippen LogP contribution in [0.1, 0.15) is 16.1 Å². The van der Waals surface area contributed by atoms with Gasteiger partial charge in [0.2, 0.25) is 0 Å². The zero-order valence-electron chi connectivity index (χ0n) is 13.3. The summed E-state index contributed by atoms with van der Waals surface area (Å²) in [5, 5.41) is 4.35. The van der Waals surface area contributed by atoms with Crippen molar-refractivity contribution < 1.29 is 13.2 Å². The molecule has 0 bridgehead atoms. The number of benzene rings is 1. The molecule has 0 aliphatic heterocycles. The average molecular weight is 373 g/mol. The van der Waals surface area contributed by atoms with E-state index >= 15 is 0 Å². The molecule has 0 saturated carbocycles. The van der Waals surface area contributed by atoms with Crippen molar-refractivity contribution >= 4 is 38.8 Å². The monoisotopic (exact) mass is 373 g/mol. The lowest BCUT2D eigenvalue weighted by atomic mass is 10.1. The Kier molecular flexibility index (Phi) is 4.82. The predicted molar refractivity (Wildman–Crippen MR) is 98.5 cm³/mol. The lowest BCUT2D eigenvalue weighted by Gasteiger charge is -2.12. The van der Waals surface area contributed by atoms with Gasteiger partial charge in [0.25, 0.3) is 15.9 Å². The summed E-state index contributed by atoms with van der Waals surface area (Å²) in [6.07, 6.45) is 0. The molecule has 0 radical (unpaired) electrons. The van der Waals surface area contributed by atoms with E-state index in [4.69, 9.17) is 0 Å². The number of nitrogens with zero attached hydrogens (tertiary/aromatic N) is 1. The third-order valence-corrected chi connectivity index (χ3v) is 6.07. The first-order valence-corrected chi connectivity index (χ1v) is 9.72. The smallest absolute Gasteiger partial charge is 0.271 e. The number of thiophene rings is 1. The molecule has 128 valence electrons. The van der Waals surface area contributed by atoms with Crippen LogP contribution in [0.4, 0.5) is 11.5 Å². The second kappa shape index (κ2) is 7.04. The van der Waals surface area contributed by atoms with Crippen molar-refractivity contribution in [1.82, 2.24) is 4.98 Å². The maximum atomic E-state index is 12.5. The van der Waals surface area contributed by atoms with Gasteiger partial charge in [-0.25, -0.2) is 13.4 Å². The molecule has 3 rings (SSSR count). The first-order valence-electron chi connectivity index (χ1n) is 7.36. The number of hydrogen-bond donors (Lipinski definition) is 2. The third kappa shape index (κ3) is 4.04. The summed E-state index contributed by atoms with van der Waals surface area (Å²) in [7, 11) is -3.73. The van der Waals surface area contributed by atoms with Gasteiger partial charge in [0, 0.05) is 5.69 Å². The normalized spacial score (nSPS) is 11.1. The molecule has 2 N–H and O–H groups in total. The number of aromatic nitrogens is 1. The summed E-state index contributed by atoms with van der Waals surface area (Å²) in [5.41, 5.74) is 1.19. The van der Waals surface area contributed by atoms with Crippen LogP contribution in [0.25, 0.3) is 0 Å². The maximum Gasteiger partial charge on any atom is 0.271 e. The number of pyridine rings is 1. The molecule has 0 spiro atoms. The van der Waals surface area contributed by atoms with Gasteiger partial charge in [-0.15, -0.1) is 11.3 Å². The fraction of sp³-hybridized carbons (Fsp3) is 0.0588. The Balaban J connectivity index is 1.87. The number of anilines is 2. The Labute approximate surface area is 149 Å². The minimum Gasteiger partial charge on any atom is -0.306 e. The molecule has 25 heavy (non-hydrogen) atoms. The number of amides is 1. The van der Waals surface area contributed by atoms with Crippen LogP contribution >= 0.6 is 11.3 Å². The van der Waals surface area contributed by atoms with Crippen LogP contribution in [-0.4, -0.2) is 19.3 Å². The van der Waals surface area contributed by atoms with Gasteiger partial charge in [-0.3, -0.25) is 9.52 Å². The quantitative estimate of drug-likeness (QED) is 0.716. The Morgan fingerprint density at radius 1 is 1.04 bits per heavy atom. The van der Waals surface area contributed by atoms with Gasteiger partial charge in [-0.2, -0.15) is 0 Å². The number of aryl methyl sites for hydroxylation is 1. The summed E-state index contributed by atoms with van der Waals surface area (Å²) in [4.78, 5) is 16.7. The van der Waals surface area contributed by atoms with E-state index in [0.29, 0.717) is 5.82 Å². The topological polar surface area (TPSA) is 88.2 Å². The fourth-order valence-corrected chi connectivity index (χ4v) is 4.25. The van der Waals surface area contributed by atoms with Gasteiger partial charge in [-0.05, 0) is 42.6 Å². The summed E-state index contributed by atoms with van der Waals surface area (Å²) in [5.74, 6) is -0.0384. The van der Waals surface area contributed by atoms with Gasteiger partial charge >= 0.3 is 0 Å². The molecule has 0 unspecified atom stereocenters. The third-order valence-electron chi connectivity index (χ3n) is 3.31. The van der Waals surface area contributed by atoms with Crippen molar-refractivity contribution in [3.63, 3.8) is 0 Å². The number of sulfonamides is 1. The highest BCUT2D eigenvalue weighted by Gasteiger charge is 2.19. The van der Waals surface area contributed by atoms with Crippen LogP contribution in [0.5, 0.6) is 0 Å². The Morgan fingerprint density at radius 2 is 1.84 bits per heavy atom. The van der Waals surface area contributed by atoms with Crippen LogP contribution < -0.4 is 10.0 Å². The molecule has 0 fully saturated rings. The summed E-state index contributed by atoms with van der Waals surface area (Å²) in [6.45, 7) is 1.82.